The number of carbonyl (C=O) groups excluding carboxylic acids is 5. The van der Waals surface area contributed by atoms with Crippen LogP contribution in [0.4, 0.5) is 11.4 Å². The molecule has 0 spiro atoms. The van der Waals surface area contributed by atoms with Crippen molar-refractivity contribution in [1.82, 2.24) is 15.2 Å². The Bertz CT molecular complexity index is 3210. The Kier molecular flexibility index (Phi) is 17.1. The van der Waals surface area contributed by atoms with E-state index in [1.54, 1.807) is 58.9 Å². The number of benzene rings is 3. The summed E-state index contributed by atoms with van der Waals surface area (Å²) in [4.78, 5) is 100. The third-order valence-electron chi connectivity index (χ3n) is 15.1. The summed E-state index contributed by atoms with van der Waals surface area (Å²) in [6.45, 7) is 21.0. The van der Waals surface area contributed by atoms with Crippen LogP contribution in [0.15, 0.2) is 62.3 Å². The van der Waals surface area contributed by atoms with Crippen molar-refractivity contribution < 1.29 is 63.0 Å². The number of phenolic OH excluding ortho intramolecular Hbond substituents is 1. The number of hydrogen-bond acceptors (Lipinski definition) is 18. The van der Waals surface area contributed by atoms with Gasteiger partial charge in [-0.05, 0) is 37.7 Å². The van der Waals surface area contributed by atoms with E-state index in [9.17, 15) is 54.0 Å². The molecule has 5 heterocycles. The number of amides is 2. The number of nitrogens with zero attached hydrogens (tertiary/aromatic N) is 3. The largest absolute Gasteiger partial charge is 0.507 e. The van der Waals surface area contributed by atoms with Crippen LogP contribution in [0.25, 0.3) is 38.7 Å². The number of hydrogen-bond donors (Lipinski definition) is 6. The molecule has 3 aromatic carbocycles. The summed E-state index contributed by atoms with van der Waals surface area (Å²) < 4.78 is 25.0. The Morgan fingerprint density at radius 1 is 0.908 bits per heavy atom. The number of aliphatic hydroxyl groups is 3. The number of aldehydes is 2. The summed E-state index contributed by atoms with van der Waals surface area (Å²) in [5.41, 5.74) is -1.62. The molecule has 20 nitrogen and oxygen atoms in total. The first-order valence-electron chi connectivity index (χ1n) is 25.7. The second kappa shape index (κ2) is 23.0. The fraction of sp³-hybridized carbons (Fsp3) is 0.500. The molecule has 8 rings (SSSR count). The number of aromatic hydroxyl groups is 1. The number of piperazine rings is 1. The number of aromatic nitrogens is 1. The number of fused-ring (bicyclic) bond motifs is 14. The van der Waals surface area contributed by atoms with Gasteiger partial charge < -0.3 is 64.2 Å². The molecule has 4 aliphatic heterocycles. The van der Waals surface area contributed by atoms with Gasteiger partial charge in [-0.25, -0.2) is 4.98 Å². The molecular weight excluding hydrogens is 983 g/mol. The van der Waals surface area contributed by atoms with E-state index in [0.717, 1.165) is 19.6 Å². The molecule has 1 saturated heterocycles. The van der Waals surface area contributed by atoms with E-state index in [2.05, 4.69) is 34.3 Å². The highest BCUT2D eigenvalue weighted by molar-refractivity contribution is 6.17. The fourth-order valence-corrected chi connectivity index (χ4v) is 10.2. The quantitative estimate of drug-likeness (QED) is 0.0416. The smallest absolute Gasteiger partial charge is 0.307 e. The van der Waals surface area contributed by atoms with Crippen LogP contribution < -0.4 is 36.3 Å². The van der Waals surface area contributed by atoms with Crippen LogP contribution in [0, 0.1) is 42.4 Å². The van der Waals surface area contributed by atoms with Crippen molar-refractivity contribution in [3.63, 3.8) is 0 Å². The Hall–Kier alpha value is -7.16. The standard InChI is InChI=1S/C56H69N5O15/c1-27(2)24-60-17-19-61(20-18-60)36-22-37(64)44-38(23-36)74-53-45(58-44)41-42-49(69)34(9)52-43(41)54(71)56(10,76-52)73-21-16-28(3)31(6)51(75-40(66)15-14-39(65)57-35(25-62)26-63)33(8)48(68)32(7)47(67)29(4)12-11-13-30(5)55(72)59-46(53)50(42)70/h11-13,16,21-23,25-29,31-33,35,47-48,51,67-69,71H,14-15,17-20,24H2,1-10H3,(H,57,65)(H,59,72)/b12-11+,21-16+,30-13-/t28-,29-,31+,32+,33+,47-,48+,51+,56-/m0/s1. The van der Waals surface area contributed by atoms with E-state index in [0.29, 0.717) is 24.7 Å². The van der Waals surface area contributed by atoms with Crippen LogP contribution in [0.1, 0.15) is 80.7 Å². The molecule has 0 unspecified atom stereocenters. The van der Waals surface area contributed by atoms with Crippen molar-refractivity contribution in [2.24, 2.45) is 35.5 Å². The molecule has 0 aliphatic carbocycles. The number of aliphatic hydroxyl groups excluding tert-OH is 3. The number of anilines is 2. The van der Waals surface area contributed by atoms with E-state index < -0.39 is 118 Å². The zero-order valence-corrected chi connectivity index (χ0v) is 44.5. The number of phenols is 1. The van der Waals surface area contributed by atoms with Gasteiger partial charge in [-0.2, -0.15) is 0 Å². The van der Waals surface area contributed by atoms with Gasteiger partial charge in [0.05, 0.1) is 35.5 Å². The highest BCUT2D eigenvalue weighted by atomic mass is 16.7. The number of allylic oxidation sites excluding steroid dienone is 3. The van der Waals surface area contributed by atoms with Crippen molar-refractivity contribution >= 4 is 80.5 Å². The van der Waals surface area contributed by atoms with Gasteiger partial charge in [0.25, 0.3) is 5.91 Å². The molecule has 9 atom stereocenters. The Balaban J connectivity index is 1.36. The zero-order chi connectivity index (χ0) is 55.7. The molecule has 5 bridgehead atoms. The normalized spacial score (nSPS) is 27.5. The number of rotatable bonds is 10. The predicted molar refractivity (Wildman–Crippen MR) is 284 cm³/mol. The second-order valence-electron chi connectivity index (χ2n) is 21.1. The SMILES string of the molecule is C/C1=C/C=C/[C@H](C)[C@H](O)[C@@H](C)[C@@H](O)[C@@H](C)[C@H](OC(=O)CCC(=O)NC(C=O)C=O)[C@H](C)[C@@H](C)/C=C/O[C@@]2(C)Oc3c(C)c(O)c4c(=O)c(c5oc6cc(N7CCN(CC(C)C)CC7)cc(=O)c6nc5c4c3=C2O)NC1=O. The minimum absolute atomic E-state index is 0.0156. The maximum Gasteiger partial charge on any atom is 0.307 e. The highest BCUT2D eigenvalue weighted by Crippen LogP contribution is 2.42. The molecule has 4 aromatic rings. The Labute approximate surface area is 439 Å². The molecule has 2 amide bonds. The summed E-state index contributed by atoms with van der Waals surface area (Å²) in [7, 11) is 0. The minimum atomic E-state index is -2.02. The van der Waals surface area contributed by atoms with E-state index in [4.69, 9.17) is 23.6 Å². The summed E-state index contributed by atoms with van der Waals surface area (Å²) >= 11 is 0. The number of carbonyl (C=O) groups is 5. The van der Waals surface area contributed by atoms with Gasteiger partial charge in [-0.15, -0.1) is 0 Å². The van der Waals surface area contributed by atoms with Crippen molar-refractivity contribution in [2.75, 3.05) is 42.9 Å². The third kappa shape index (κ3) is 11.3. The Morgan fingerprint density at radius 3 is 2.25 bits per heavy atom. The first kappa shape index (κ1) is 56.6. The highest BCUT2D eigenvalue weighted by Gasteiger charge is 2.44. The molecule has 1 fully saturated rings. The third-order valence-corrected chi connectivity index (χ3v) is 15.1. The van der Waals surface area contributed by atoms with Gasteiger partial charge in [-0.1, -0.05) is 66.7 Å². The molecule has 1 aromatic heterocycles. The average molecular weight is 1050 g/mol. The van der Waals surface area contributed by atoms with E-state index in [1.165, 1.54) is 39.2 Å². The molecular formula is C56H69N5O15. The second-order valence-corrected chi connectivity index (χ2v) is 21.1. The first-order chi connectivity index (χ1) is 35.9. The van der Waals surface area contributed by atoms with Gasteiger partial charge in [0.2, 0.25) is 16.8 Å². The molecule has 20 heteroatoms. The molecule has 4 aliphatic rings. The number of nitrogens with one attached hydrogen (secondary N) is 2. The summed E-state index contributed by atoms with van der Waals surface area (Å²) in [6, 6.07) is 1.74. The van der Waals surface area contributed by atoms with E-state index in [-0.39, 0.29) is 67.6 Å². The summed E-state index contributed by atoms with van der Waals surface area (Å²) in [6.07, 6.45) is 3.67. The van der Waals surface area contributed by atoms with Crippen LogP contribution in [0.3, 0.4) is 0 Å². The van der Waals surface area contributed by atoms with E-state index >= 15 is 0 Å². The van der Waals surface area contributed by atoms with Crippen LogP contribution in [0.2, 0.25) is 0 Å². The van der Waals surface area contributed by atoms with Crippen molar-refractivity contribution in [2.45, 2.75) is 112 Å². The summed E-state index contributed by atoms with van der Waals surface area (Å²) in [5, 5.41) is 51.9. The lowest BCUT2D eigenvalue weighted by Gasteiger charge is -2.38. The van der Waals surface area contributed by atoms with Gasteiger partial charge >= 0.3 is 11.8 Å². The minimum Gasteiger partial charge on any atom is -0.507 e. The van der Waals surface area contributed by atoms with Crippen LogP contribution in [-0.4, -0.2) is 124 Å². The molecule has 6 N–H and O–H groups in total. The van der Waals surface area contributed by atoms with E-state index in [1.807, 2.05) is 0 Å². The fourth-order valence-electron chi connectivity index (χ4n) is 10.2. The van der Waals surface area contributed by atoms with Crippen LogP contribution >= 0.6 is 0 Å². The lowest BCUT2D eigenvalue weighted by atomic mass is 9.77. The van der Waals surface area contributed by atoms with Gasteiger partial charge in [-0.3, -0.25) is 28.9 Å². The Morgan fingerprint density at radius 2 is 1.59 bits per heavy atom. The van der Waals surface area contributed by atoms with Gasteiger partial charge in [0.1, 0.15) is 47.4 Å². The molecule has 0 saturated carbocycles. The average Bonchev–Trinajstić information content (AvgIpc) is 3.77. The first-order valence-corrected chi connectivity index (χ1v) is 25.7. The van der Waals surface area contributed by atoms with Crippen molar-refractivity contribution in [1.29, 1.82) is 0 Å². The number of esters is 1. The van der Waals surface area contributed by atoms with Crippen LogP contribution in [-0.2, 0) is 33.4 Å². The molecule has 0 radical (unpaired) electrons. The van der Waals surface area contributed by atoms with Gasteiger partial charge in [0.15, 0.2) is 22.4 Å². The topological polar surface area (TPSA) is 285 Å². The lowest BCUT2D eigenvalue weighted by molar-refractivity contribution is -0.161. The summed E-state index contributed by atoms with van der Waals surface area (Å²) in [5.74, 6) is -8.39. The number of ether oxygens (including phenoxy) is 3. The molecule has 76 heavy (non-hydrogen) atoms. The zero-order valence-electron chi connectivity index (χ0n) is 44.5. The molecule has 408 valence electrons. The van der Waals surface area contributed by atoms with Crippen molar-refractivity contribution in [3.8, 4) is 11.5 Å². The van der Waals surface area contributed by atoms with Crippen molar-refractivity contribution in [3.05, 3.63) is 79.5 Å². The van der Waals surface area contributed by atoms with Gasteiger partial charge in [0, 0.05) is 98.2 Å². The maximum absolute atomic E-state index is 15.0. The lowest BCUT2D eigenvalue weighted by Crippen LogP contribution is -2.47. The monoisotopic (exact) mass is 1050 g/mol. The maximum atomic E-state index is 15.0. The van der Waals surface area contributed by atoms with Crippen LogP contribution in [0.5, 0.6) is 11.5 Å². The predicted octanol–water partition coefficient (Wildman–Crippen LogP) is 4.60.